The highest BCUT2D eigenvalue weighted by atomic mass is 16.2. The maximum atomic E-state index is 11.4. The maximum absolute atomic E-state index is 11.4. The fourth-order valence-corrected chi connectivity index (χ4v) is 2.06. The Morgan fingerprint density at radius 1 is 0.842 bits per heavy atom. The monoisotopic (exact) mass is 272 g/mol. The van der Waals surface area contributed by atoms with Gasteiger partial charge in [-0.05, 0) is 6.42 Å². The summed E-state index contributed by atoms with van der Waals surface area (Å²) in [5.74, 6) is 8.34. The summed E-state index contributed by atoms with van der Waals surface area (Å²) in [5, 5.41) is 0. The Bertz CT molecular complexity index is 243. The predicted molar refractivity (Wildman–Crippen MR) is 75.4 cm³/mol. The minimum Gasteiger partial charge on any atom is -0.294 e. The smallest absolute Gasteiger partial charge is 0.246 e. The summed E-state index contributed by atoms with van der Waals surface area (Å²) in [6.45, 7) is 2.20. The van der Waals surface area contributed by atoms with Gasteiger partial charge in [0.2, 0.25) is 11.8 Å². The Morgan fingerprint density at radius 3 is 1.68 bits per heavy atom. The number of hydrogen-bond donors (Lipinski definition) is 4. The van der Waals surface area contributed by atoms with Crippen molar-refractivity contribution < 1.29 is 9.59 Å². The highest BCUT2D eigenvalue weighted by molar-refractivity contribution is 5.99. The van der Waals surface area contributed by atoms with E-state index in [4.69, 9.17) is 11.7 Å². The third-order valence-electron chi connectivity index (χ3n) is 3.26. The van der Waals surface area contributed by atoms with Crippen LogP contribution in [0.25, 0.3) is 0 Å². The minimum atomic E-state index is -0.782. The normalized spacial score (nSPS) is 10.5. The van der Waals surface area contributed by atoms with Gasteiger partial charge in [0.15, 0.2) is 0 Å². The van der Waals surface area contributed by atoms with E-state index < -0.39 is 17.7 Å². The van der Waals surface area contributed by atoms with Gasteiger partial charge in [0.25, 0.3) is 0 Å². The van der Waals surface area contributed by atoms with Gasteiger partial charge >= 0.3 is 0 Å². The maximum Gasteiger partial charge on any atom is 0.246 e. The Labute approximate surface area is 115 Å². The molecule has 0 fully saturated rings. The van der Waals surface area contributed by atoms with Crippen molar-refractivity contribution in [1.29, 1.82) is 0 Å². The summed E-state index contributed by atoms with van der Waals surface area (Å²) in [6.07, 6.45) is 9.83. The van der Waals surface area contributed by atoms with Gasteiger partial charge in [-0.25, -0.2) is 11.7 Å². The van der Waals surface area contributed by atoms with Crippen LogP contribution in [0.5, 0.6) is 0 Å². The van der Waals surface area contributed by atoms with Crippen molar-refractivity contribution in [2.24, 2.45) is 17.6 Å². The van der Waals surface area contributed by atoms with E-state index in [1.54, 1.807) is 0 Å². The number of hydrazine groups is 2. The van der Waals surface area contributed by atoms with Gasteiger partial charge in [0.1, 0.15) is 5.92 Å². The molecule has 0 unspecified atom stereocenters. The fraction of sp³-hybridized carbons (Fsp3) is 0.846. The lowest BCUT2D eigenvalue weighted by molar-refractivity contribution is -0.135. The summed E-state index contributed by atoms with van der Waals surface area (Å²) in [5.41, 5.74) is 4.00. The molecule has 0 aliphatic rings. The average Bonchev–Trinajstić information content (AvgIpc) is 2.44. The summed E-state index contributed by atoms with van der Waals surface area (Å²) >= 11 is 0. The molecular weight excluding hydrogens is 244 g/mol. The fourth-order valence-electron chi connectivity index (χ4n) is 2.06. The van der Waals surface area contributed by atoms with Crippen molar-refractivity contribution >= 4 is 11.8 Å². The molecule has 0 aromatic rings. The number of nitrogens with one attached hydrogen (secondary N) is 2. The van der Waals surface area contributed by atoms with Crippen molar-refractivity contribution in [2.75, 3.05) is 0 Å². The minimum absolute atomic E-state index is 0.481. The van der Waals surface area contributed by atoms with Crippen LogP contribution < -0.4 is 22.5 Å². The number of amides is 2. The number of carbonyl (C=O) groups is 2. The van der Waals surface area contributed by atoms with Crippen molar-refractivity contribution in [3.63, 3.8) is 0 Å². The zero-order chi connectivity index (χ0) is 14.5. The molecule has 0 spiro atoms. The summed E-state index contributed by atoms with van der Waals surface area (Å²) in [4.78, 5) is 22.8. The van der Waals surface area contributed by atoms with Gasteiger partial charge in [-0.1, -0.05) is 58.3 Å². The van der Waals surface area contributed by atoms with Crippen molar-refractivity contribution in [1.82, 2.24) is 10.9 Å². The molecule has 19 heavy (non-hydrogen) atoms. The first kappa shape index (κ1) is 17.9. The van der Waals surface area contributed by atoms with Gasteiger partial charge in [-0.2, -0.15) is 0 Å². The molecule has 0 rings (SSSR count). The van der Waals surface area contributed by atoms with Crippen molar-refractivity contribution in [3.8, 4) is 0 Å². The van der Waals surface area contributed by atoms with Crippen LogP contribution in [0.4, 0.5) is 0 Å². The molecule has 0 saturated heterocycles. The highest BCUT2D eigenvalue weighted by Gasteiger charge is 2.24. The molecule has 0 aromatic heterocycles. The SMILES string of the molecule is CCCCCCCCCCC(C(=O)NN)C(=O)NN. The molecule has 0 radical (unpaired) electrons. The third-order valence-corrected chi connectivity index (χ3v) is 3.26. The first-order chi connectivity index (χ1) is 9.17. The van der Waals surface area contributed by atoms with E-state index in [0.717, 1.165) is 19.3 Å². The van der Waals surface area contributed by atoms with E-state index in [9.17, 15) is 9.59 Å². The number of unbranched alkanes of at least 4 members (excludes halogenated alkanes) is 7. The molecule has 0 heterocycles. The predicted octanol–water partition coefficient (Wildman–Crippen LogP) is 1.11. The largest absolute Gasteiger partial charge is 0.294 e. The quantitative estimate of drug-likeness (QED) is 0.148. The van der Waals surface area contributed by atoms with E-state index >= 15 is 0 Å². The van der Waals surface area contributed by atoms with Crippen molar-refractivity contribution in [2.45, 2.75) is 64.7 Å². The molecule has 0 atom stereocenters. The van der Waals surface area contributed by atoms with Crippen LogP contribution in [-0.2, 0) is 9.59 Å². The van der Waals surface area contributed by atoms with Crippen LogP contribution in [0.15, 0.2) is 0 Å². The lowest BCUT2D eigenvalue weighted by Gasteiger charge is -2.13. The number of hydrogen-bond acceptors (Lipinski definition) is 4. The second kappa shape index (κ2) is 11.9. The Morgan fingerprint density at radius 2 is 1.26 bits per heavy atom. The Hall–Kier alpha value is -1.14. The van der Waals surface area contributed by atoms with Gasteiger partial charge in [0, 0.05) is 0 Å². The van der Waals surface area contributed by atoms with Crippen LogP contribution in [0.3, 0.4) is 0 Å². The lowest BCUT2D eigenvalue weighted by Crippen LogP contribution is -2.45. The van der Waals surface area contributed by atoms with E-state index in [0.29, 0.717) is 6.42 Å². The molecule has 6 heteroatoms. The molecule has 0 aliphatic heterocycles. The number of rotatable bonds is 11. The van der Waals surface area contributed by atoms with Crippen LogP contribution in [0, 0.1) is 5.92 Å². The van der Waals surface area contributed by atoms with Crippen LogP contribution in [0.2, 0.25) is 0 Å². The van der Waals surface area contributed by atoms with Gasteiger partial charge in [0.05, 0.1) is 0 Å². The zero-order valence-corrected chi connectivity index (χ0v) is 11.9. The van der Waals surface area contributed by atoms with Crippen LogP contribution >= 0.6 is 0 Å². The summed E-state index contributed by atoms with van der Waals surface area (Å²) in [6, 6.07) is 0. The second-order valence-corrected chi connectivity index (χ2v) is 4.83. The number of nitrogens with two attached hydrogens (primary N) is 2. The van der Waals surface area contributed by atoms with Crippen LogP contribution in [-0.4, -0.2) is 11.8 Å². The molecule has 0 aromatic carbocycles. The molecule has 112 valence electrons. The average molecular weight is 272 g/mol. The molecular formula is C13H28N4O2. The van der Waals surface area contributed by atoms with E-state index in [1.165, 1.54) is 32.1 Å². The summed E-state index contributed by atoms with van der Waals surface area (Å²) in [7, 11) is 0. The lowest BCUT2D eigenvalue weighted by atomic mass is 9.98. The van der Waals surface area contributed by atoms with Gasteiger partial charge in [-0.3, -0.25) is 20.4 Å². The first-order valence-corrected chi connectivity index (χ1v) is 7.18. The summed E-state index contributed by atoms with van der Waals surface area (Å²) < 4.78 is 0. The Kier molecular flexibility index (Phi) is 11.2. The molecule has 2 amide bonds. The third kappa shape index (κ3) is 8.56. The zero-order valence-electron chi connectivity index (χ0n) is 11.9. The molecule has 0 bridgehead atoms. The van der Waals surface area contributed by atoms with Crippen molar-refractivity contribution in [3.05, 3.63) is 0 Å². The Balaban J connectivity index is 3.70. The van der Waals surface area contributed by atoms with E-state index in [2.05, 4.69) is 6.92 Å². The van der Waals surface area contributed by atoms with E-state index in [-0.39, 0.29) is 0 Å². The van der Waals surface area contributed by atoms with Crippen LogP contribution in [0.1, 0.15) is 64.7 Å². The molecule has 6 N–H and O–H groups in total. The standard InChI is InChI=1S/C13H28N4O2/c1-2-3-4-5-6-7-8-9-10-11(12(18)16-14)13(19)17-15/h11H,2-10,14-15H2,1H3,(H,16,18)(H,17,19). The highest BCUT2D eigenvalue weighted by Crippen LogP contribution is 2.13. The molecule has 0 saturated carbocycles. The molecule has 6 nitrogen and oxygen atoms in total. The molecule has 0 aliphatic carbocycles. The second-order valence-electron chi connectivity index (χ2n) is 4.83. The first-order valence-electron chi connectivity index (χ1n) is 7.18. The van der Waals surface area contributed by atoms with E-state index in [1.807, 2.05) is 10.9 Å². The van der Waals surface area contributed by atoms with Gasteiger partial charge < -0.3 is 0 Å². The van der Waals surface area contributed by atoms with Gasteiger partial charge in [-0.15, -0.1) is 0 Å². The number of carbonyl (C=O) groups excluding carboxylic acids is 2. The topological polar surface area (TPSA) is 110 Å².